The first-order valence-electron chi connectivity index (χ1n) is 7.51. The third-order valence-corrected chi connectivity index (χ3v) is 3.48. The summed E-state index contributed by atoms with van der Waals surface area (Å²) < 4.78 is 0. The molecule has 0 fully saturated rings. The molecule has 7 nitrogen and oxygen atoms in total. The highest BCUT2D eigenvalue weighted by atomic mass is 15.2. The highest BCUT2D eigenvalue weighted by Gasteiger charge is 2.09. The number of aromatic amines is 1. The predicted octanol–water partition coefficient (Wildman–Crippen LogP) is 1.93. The van der Waals surface area contributed by atoms with Crippen LogP contribution in [0.15, 0.2) is 6.20 Å². The zero-order valence-electron chi connectivity index (χ0n) is 13.3. The summed E-state index contributed by atoms with van der Waals surface area (Å²) in [5, 5.41) is 14.5. The maximum absolute atomic E-state index is 4.54. The summed E-state index contributed by atoms with van der Waals surface area (Å²) in [6.45, 7) is 9.13. The van der Waals surface area contributed by atoms with Gasteiger partial charge in [0.15, 0.2) is 5.65 Å². The van der Waals surface area contributed by atoms with E-state index in [-0.39, 0.29) is 0 Å². The Bertz CT molecular complexity index is 563. The lowest BCUT2D eigenvalue weighted by Gasteiger charge is -2.21. The van der Waals surface area contributed by atoms with Crippen molar-refractivity contribution in [2.75, 3.05) is 37.3 Å². The van der Waals surface area contributed by atoms with Crippen molar-refractivity contribution in [2.24, 2.45) is 0 Å². The van der Waals surface area contributed by atoms with Crippen molar-refractivity contribution in [2.45, 2.75) is 33.2 Å². The molecule has 0 unspecified atom stereocenters. The lowest BCUT2D eigenvalue weighted by atomic mass is 10.3. The minimum absolute atomic E-state index is 0.535. The fourth-order valence-electron chi connectivity index (χ4n) is 1.89. The minimum atomic E-state index is 0.535. The van der Waals surface area contributed by atoms with Gasteiger partial charge in [0.1, 0.15) is 5.82 Å². The number of nitrogens with one attached hydrogen (secondary N) is 3. The molecule has 0 aromatic carbocycles. The van der Waals surface area contributed by atoms with Gasteiger partial charge in [-0.3, -0.25) is 5.10 Å². The van der Waals surface area contributed by atoms with Crippen molar-refractivity contribution in [1.82, 2.24) is 25.1 Å². The van der Waals surface area contributed by atoms with E-state index in [0.29, 0.717) is 12.0 Å². The summed E-state index contributed by atoms with van der Waals surface area (Å²) >= 11 is 0. The smallest absolute Gasteiger partial charge is 0.226 e. The van der Waals surface area contributed by atoms with E-state index in [1.165, 1.54) is 0 Å². The number of H-pyrrole nitrogens is 1. The van der Waals surface area contributed by atoms with Crippen molar-refractivity contribution in [1.29, 1.82) is 0 Å². The number of nitrogens with zero attached hydrogens (tertiary/aromatic N) is 4. The van der Waals surface area contributed by atoms with Crippen LogP contribution in [0.25, 0.3) is 11.0 Å². The van der Waals surface area contributed by atoms with Gasteiger partial charge >= 0.3 is 0 Å². The van der Waals surface area contributed by atoms with E-state index in [1.54, 1.807) is 6.20 Å². The number of aromatic nitrogens is 4. The Balaban J connectivity index is 2.08. The van der Waals surface area contributed by atoms with Crippen LogP contribution in [0, 0.1) is 0 Å². The van der Waals surface area contributed by atoms with E-state index in [9.17, 15) is 0 Å². The fourth-order valence-corrected chi connectivity index (χ4v) is 1.89. The quantitative estimate of drug-likeness (QED) is 0.689. The third kappa shape index (κ3) is 4.04. The van der Waals surface area contributed by atoms with Gasteiger partial charge in [-0.15, -0.1) is 0 Å². The molecule has 2 rings (SSSR count). The van der Waals surface area contributed by atoms with Crippen molar-refractivity contribution >= 4 is 22.8 Å². The molecule has 2 aromatic heterocycles. The Hall–Kier alpha value is -1.89. The molecule has 21 heavy (non-hydrogen) atoms. The van der Waals surface area contributed by atoms with E-state index in [1.807, 2.05) is 0 Å². The SMILES string of the molecule is CCCNc1nc(NCCN(C)C(C)C)c2cn[nH]c2n1. The van der Waals surface area contributed by atoms with Crippen LogP contribution >= 0.6 is 0 Å². The Labute approximate surface area is 125 Å². The van der Waals surface area contributed by atoms with E-state index >= 15 is 0 Å². The van der Waals surface area contributed by atoms with Crippen LogP contribution < -0.4 is 10.6 Å². The van der Waals surface area contributed by atoms with Gasteiger partial charge in [-0.05, 0) is 27.3 Å². The Morgan fingerprint density at radius 2 is 2.05 bits per heavy atom. The van der Waals surface area contributed by atoms with Crippen LogP contribution in [0.5, 0.6) is 0 Å². The molecular formula is C14H25N7. The number of hydrogen-bond donors (Lipinski definition) is 3. The molecular weight excluding hydrogens is 266 g/mol. The highest BCUT2D eigenvalue weighted by molar-refractivity contribution is 5.86. The maximum Gasteiger partial charge on any atom is 0.226 e. The maximum atomic E-state index is 4.54. The van der Waals surface area contributed by atoms with Gasteiger partial charge in [0.2, 0.25) is 5.95 Å². The first-order chi connectivity index (χ1) is 10.1. The Morgan fingerprint density at radius 1 is 1.24 bits per heavy atom. The van der Waals surface area contributed by atoms with Gasteiger partial charge in [0.25, 0.3) is 0 Å². The number of anilines is 2. The first-order valence-corrected chi connectivity index (χ1v) is 7.51. The molecule has 0 saturated heterocycles. The average Bonchev–Trinajstić information content (AvgIpc) is 2.93. The van der Waals surface area contributed by atoms with E-state index < -0.39 is 0 Å². The van der Waals surface area contributed by atoms with E-state index in [0.717, 1.165) is 42.9 Å². The molecule has 2 aromatic rings. The Morgan fingerprint density at radius 3 is 2.76 bits per heavy atom. The third-order valence-electron chi connectivity index (χ3n) is 3.48. The Kier molecular flexibility index (Phi) is 5.32. The molecule has 0 aliphatic carbocycles. The van der Waals surface area contributed by atoms with Gasteiger partial charge in [0.05, 0.1) is 11.6 Å². The van der Waals surface area contributed by atoms with Crippen LogP contribution in [0.2, 0.25) is 0 Å². The lowest BCUT2D eigenvalue weighted by Crippen LogP contribution is -2.31. The largest absolute Gasteiger partial charge is 0.368 e. The predicted molar refractivity (Wildman–Crippen MR) is 86.7 cm³/mol. The molecule has 0 aliphatic heterocycles. The van der Waals surface area contributed by atoms with Crippen LogP contribution in [0.3, 0.4) is 0 Å². The molecule has 3 N–H and O–H groups in total. The van der Waals surface area contributed by atoms with Crippen LogP contribution in [0.4, 0.5) is 11.8 Å². The second kappa shape index (κ2) is 7.21. The molecule has 7 heteroatoms. The zero-order chi connectivity index (χ0) is 15.2. The minimum Gasteiger partial charge on any atom is -0.368 e. The topological polar surface area (TPSA) is 81.8 Å². The number of likely N-dealkylation sites (N-methyl/N-ethyl adjacent to an activating group) is 1. The van der Waals surface area contributed by atoms with E-state index in [2.05, 4.69) is 63.5 Å². The van der Waals surface area contributed by atoms with Gasteiger partial charge in [0, 0.05) is 25.7 Å². The van der Waals surface area contributed by atoms with Gasteiger partial charge in [-0.2, -0.15) is 15.1 Å². The molecule has 0 saturated carbocycles. The first kappa shape index (κ1) is 15.5. The van der Waals surface area contributed by atoms with Crippen LogP contribution in [-0.4, -0.2) is 57.8 Å². The summed E-state index contributed by atoms with van der Waals surface area (Å²) in [5.74, 6) is 1.46. The van der Waals surface area contributed by atoms with Crippen molar-refractivity contribution in [3.05, 3.63) is 6.20 Å². The lowest BCUT2D eigenvalue weighted by molar-refractivity contribution is 0.284. The number of fused-ring (bicyclic) bond motifs is 1. The number of rotatable bonds is 8. The molecule has 0 amide bonds. The molecule has 2 heterocycles. The van der Waals surface area contributed by atoms with Crippen molar-refractivity contribution in [3.8, 4) is 0 Å². The molecule has 0 atom stereocenters. The summed E-state index contributed by atoms with van der Waals surface area (Å²) in [6.07, 6.45) is 2.79. The molecule has 0 spiro atoms. The average molecular weight is 291 g/mol. The zero-order valence-corrected chi connectivity index (χ0v) is 13.3. The van der Waals surface area contributed by atoms with Gasteiger partial charge < -0.3 is 15.5 Å². The monoisotopic (exact) mass is 291 g/mol. The molecule has 116 valence electrons. The number of hydrogen-bond acceptors (Lipinski definition) is 6. The van der Waals surface area contributed by atoms with Crippen molar-refractivity contribution < 1.29 is 0 Å². The van der Waals surface area contributed by atoms with E-state index in [4.69, 9.17) is 0 Å². The fraction of sp³-hybridized carbons (Fsp3) is 0.643. The standard InChI is InChI=1S/C14H25N7/c1-5-6-16-14-18-12(11-9-17-20-13(11)19-14)15-7-8-21(4)10(2)3/h9-10H,5-8H2,1-4H3,(H3,15,16,17,18,19,20). The van der Waals surface area contributed by atoms with Gasteiger partial charge in [-0.1, -0.05) is 6.92 Å². The second-order valence-corrected chi connectivity index (χ2v) is 5.46. The summed E-state index contributed by atoms with van der Waals surface area (Å²) in [5.41, 5.74) is 0.753. The summed E-state index contributed by atoms with van der Waals surface area (Å²) in [6, 6.07) is 0.535. The van der Waals surface area contributed by atoms with Crippen LogP contribution in [0.1, 0.15) is 27.2 Å². The molecule has 0 aliphatic rings. The highest BCUT2D eigenvalue weighted by Crippen LogP contribution is 2.19. The van der Waals surface area contributed by atoms with Crippen molar-refractivity contribution in [3.63, 3.8) is 0 Å². The normalized spacial score (nSPS) is 11.5. The molecule has 0 bridgehead atoms. The van der Waals surface area contributed by atoms with Gasteiger partial charge in [-0.25, -0.2) is 0 Å². The summed E-state index contributed by atoms with van der Waals surface area (Å²) in [4.78, 5) is 11.2. The van der Waals surface area contributed by atoms with Crippen LogP contribution in [-0.2, 0) is 0 Å². The molecule has 0 radical (unpaired) electrons. The summed E-state index contributed by atoms with van der Waals surface area (Å²) in [7, 11) is 2.12. The second-order valence-electron chi connectivity index (χ2n) is 5.46.